The van der Waals surface area contributed by atoms with Crippen LogP contribution in [0, 0.1) is 0 Å². The summed E-state index contributed by atoms with van der Waals surface area (Å²) in [6.45, 7) is 3.24. The van der Waals surface area contributed by atoms with Gasteiger partial charge in [-0.15, -0.1) is 24.8 Å². The van der Waals surface area contributed by atoms with Crippen molar-refractivity contribution in [3.8, 4) is 0 Å². The lowest BCUT2D eigenvalue weighted by Crippen LogP contribution is -2.14. The number of hydrogen-bond donors (Lipinski definition) is 2. The van der Waals surface area contributed by atoms with Gasteiger partial charge in [-0.25, -0.2) is 0 Å². The molecule has 2 rings (SSSR count). The highest BCUT2D eigenvalue weighted by Crippen LogP contribution is 2.30. The van der Waals surface area contributed by atoms with Crippen LogP contribution in [0.2, 0.25) is 0 Å². The molecule has 0 amide bonds. The highest BCUT2D eigenvalue weighted by molar-refractivity contribution is 5.85. The second-order valence-electron chi connectivity index (χ2n) is 3.55. The molecule has 0 aliphatic carbocycles. The Morgan fingerprint density at radius 3 is 2.73 bits per heavy atom. The quantitative estimate of drug-likeness (QED) is 0.751. The fourth-order valence-electron chi connectivity index (χ4n) is 2.01. The molecule has 3 N–H and O–H groups in total. The van der Waals surface area contributed by atoms with Gasteiger partial charge in [0, 0.05) is 17.9 Å². The zero-order valence-corrected chi connectivity index (χ0v) is 10.5. The molecule has 0 aromatic heterocycles. The molecule has 1 heterocycles. The van der Waals surface area contributed by atoms with E-state index in [0.29, 0.717) is 0 Å². The molecule has 4 heteroatoms. The highest BCUT2D eigenvalue weighted by Gasteiger charge is 2.13. The Hall–Kier alpha value is -0.600. The molecule has 1 aromatic rings. The van der Waals surface area contributed by atoms with Crippen molar-refractivity contribution >= 4 is 36.2 Å². The minimum atomic E-state index is 0. The van der Waals surface area contributed by atoms with Gasteiger partial charge in [-0.3, -0.25) is 0 Å². The SMILES string of the molecule is CCc1c(N)ccc2c1NCCC2.Cl.Cl. The summed E-state index contributed by atoms with van der Waals surface area (Å²) in [5.41, 5.74) is 10.9. The lowest BCUT2D eigenvalue weighted by Gasteiger charge is -2.22. The Kier molecular flexibility index (Phi) is 5.84. The molecule has 1 aromatic carbocycles. The minimum Gasteiger partial charge on any atom is -0.398 e. The zero-order valence-electron chi connectivity index (χ0n) is 8.88. The first kappa shape index (κ1) is 14.4. The zero-order chi connectivity index (χ0) is 9.26. The third-order valence-electron chi connectivity index (χ3n) is 2.71. The lowest BCUT2D eigenvalue weighted by molar-refractivity contribution is 0.825. The van der Waals surface area contributed by atoms with Gasteiger partial charge in [-0.1, -0.05) is 13.0 Å². The number of rotatable bonds is 1. The lowest BCUT2D eigenvalue weighted by atomic mass is 9.97. The van der Waals surface area contributed by atoms with Gasteiger partial charge in [-0.2, -0.15) is 0 Å². The van der Waals surface area contributed by atoms with Crippen LogP contribution in [0.4, 0.5) is 11.4 Å². The van der Waals surface area contributed by atoms with Crippen LogP contribution in [-0.2, 0) is 12.8 Å². The first-order valence-electron chi connectivity index (χ1n) is 4.97. The van der Waals surface area contributed by atoms with E-state index in [1.165, 1.54) is 29.7 Å². The summed E-state index contributed by atoms with van der Waals surface area (Å²) in [5.74, 6) is 0. The monoisotopic (exact) mass is 248 g/mol. The first-order valence-corrected chi connectivity index (χ1v) is 4.97. The molecule has 86 valence electrons. The first-order chi connectivity index (χ1) is 6.33. The number of nitrogens with two attached hydrogens (primary N) is 1. The van der Waals surface area contributed by atoms with Crippen LogP contribution in [-0.4, -0.2) is 6.54 Å². The van der Waals surface area contributed by atoms with Crippen molar-refractivity contribution < 1.29 is 0 Å². The highest BCUT2D eigenvalue weighted by atomic mass is 35.5. The van der Waals surface area contributed by atoms with Crippen molar-refractivity contribution in [1.82, 2.24) is 0 Å². The second kappa shape index (κ2) is 6.09. The predicted octanol–water partition coefficient (Wildman–Crippen LogP) is 3.03. The van der Waals surface area contributed by atoms with Crippen molar-refractivity contribution in [2.45, 2.75) is 26.2 Å². The third-order valence-corrected chi connectivity index (χ3v) is 2.71. The summed E-state index contributed by atoms with van der Waals surface area (Å²) in [6.07, 6.45) is 3.44. The molecule has 0 radical (unpaired) electrons. The van der Waals surface area contributed by atoms with Gasteiger partial charge < -0.3 is 11.1 Å². The number of hydrogen-bond acceptors (Lipinski definition) is 2. The van der Waals surface area contributed by atoms with Crippen molar-refractivity contribution in [3.05, 3.63) is 23.3 Å². The van der Waals surface area contributed by atoms with Crippen LogP contribution < -0.4 is 11.1 Å². The van der Waals surface area contributed by atoms with Gasteiger partial charge >= 0.3 is 0 Å². The number of aryl methyl sites for hydroxylation is 1. The number of nitrogen functional groups attached to an aromatic ring is 1. The standard InChI is InChI=1S/C11H16N2.2ClH/c1-2-9-10(12)6-5-8-4-3-7-13-11(8)9;;/h5-6,13H,2-4,7,12H2,1H3;2*1H. The van der Waals surface area contributed by atoms with Gasteiger partial charge in [0.2, 0.25) is 0 Å². The Bertz CT molecular complexity index is 327. The Morgan fingerprint density at radius 2 is 2.07 bits per heavy atom. The van der Waals surface area contributed by atoms with Crippen molar-refractivity contribution in [2.24, 2.45) is 0 Å². The molecule has 0 bridgehead atoms. The smallest absolute Gasteiger partial charge is 0.0425 e. The second-order valence-corrected chi connectivity index (χ2v) is 3.55. The molecular weight excluding hydrogens is 231 g/mol. The summed E-state index contributed by atoms with van der Waals surface area (Å²) in [4.78, 5) is 0. The maximum absolute atomic E-state index is 5.92. The predicted molar refractivity (Wildman–Crippen MR) is 71.5 cm³/mol. The van der Waals surface area contributed by atoms with E-state index < -0.39 is 0 Å². The molecule has 0 saturated heterocycles. The van der Waals surface area contributed by atoms with Crippen LogP contribution in [0.15, 0.2) is 12.1 Å². The van der Waals surface area contributed by atoms with Crippen molar-refractivity contribution in [3.63, 3.8) is 0 Å². The van der Waals surface area contributed by atoms with E-state index in [0.717, 1.165) is 18.7 Å². The van der Waals surface area contributed by atoms with Crippen LogP contribution in [0.1, 0.15) is 24.5 Å². The molecule has 2 nitrogen and oxygen atoms in total. The average molecular weight is 249 g/mol. The van der Waals surface area contributed by atoms with Crippen LogP contribution in [0.25, 0.3) is 0 Å². The Morgan fingerprint density at radius 1 is 1.33 bits per heavy atom. The van der Waals surface area contributed by atoms with E-state index in [4.69, 9.17) is 5.73 Å². The van der Waals surface area contributed by atoms with Gasteiger partial charge in [0.25, 0.3) is 0 Å². The Balaban J connectivity index is 0.000000980. The number of anilines is 2. The summed E-state index contributed by atoms with van der Waals surface area (Å²) < 4.78 is 0. The molecule has 15 heavy (non-hydrogen) atoms. The summed E-state index contributed by atoms with van der Waals surface area (Å²) in [6, 6.07) is 4.18. The fourth-order valence-corrected chi connectivity index (χ4v) is 2.01. The molecule has 1 aliphatic heterocycles. The molecule has 0 unspecified atom stereocenters. The van der Waals surface area contributed by atoms with Crippen LogP contribution in [0.5, 0.6) is 0 Å². The maximum atomic E-state index is 5.92. The molecule has 0 atom stereocenters. The average Bonchev–Trinajstić information content (AvgIpc) is 2.18. The van der Waals surface area contributed by atoms with E-state index in [2.05, 4.69) is 18.3 Å². The number of fused-ring (bicyclic) bond motifs is 1. The summed E-state index contributed by atoms with van der Waals surface area (Å²) in [5, 5.41) is 3.44. The minimum absolute atomic E-state index is 0. The number of nitrogens with one attached hydrogen (secondary N) is 1. The van der Waals surface area contributed by atoms with E-state index >= 15 is 0 Å². The largest absolute Gasteiger partial charge is 0.398 e. The van der Waals surface area contributed by atoms with Crippen molar-refractivity contribution in [1.29, 1.82) is 0 Å². The van der Waals surface area contributed by atoms with Gasteiger partial charge in [0.05, 0.1) is 0 Å². The van der Waals surface area contributed by atoms with E-state index in [1.54, 1.807) is 0 Å². The van der Waals surface area contributed by atoms with E-state index in [-0.39, 0.29) is 24.8 Å². The number of halogens is 2. The maximum Gasteiger partial charge on any atom is 0.0425 e. The summed E-state index contributed by atoms with van der Waals surface area (Å²) >= 11 is 0. The summed E-state index contributed by atoms with van der Waals surface area (Å²) in [7, 11) is 0. The molecule has 1 aliphatic rings. The van der Waals surface area contributed by atoms with E-state index in [1.807, 2.05) is 6.07 Å². The molecule has 0 fully saturated rings. The third kappa shape index (κ3) is 2.70. The Labute approximate surface area is 103 Å². The van der Waals surface area contributed by atoms with Crippen LogP contribution >= 0.6 is 24.8 Å². The van der Waals surface area contributed by atoms with Crippen LogP contribution in [0.3, 0.4) is 0 Å². The van der Waals surface area contributed by atoms with Gasteiger partial charge in [0.15, 0.2) is 0 Å². The number of benzene rings is 1. The molecular formula is C11H18Cl2N2. The molecule has 0 saturated carbocycles. The fraction of sp³-hybridized carbons (Fsp3) is 0.455. The topological polar surface area (TPSA) is 38.0 Å². The van der Waals surface area contributed by atoms with Gasteiger partial charge in [0.1, 0.15) is 0 Å². The van der Waals surface area contributed by atoms with Gasteiger partial charge in [-0.05, 0) is 36.5 Å². The van der Waals surface area contributed by atoms with Crippen molar-refractivity contribution in [2.75, 3.05) is 17.6 Å². The van der Waals surface area contributed by atoms with E-state index in [9.17, 15) is 0 Å². The molecule has 0 spiro atoms. The normalized spacial score (nSPS) is 12.9.